The van der Waals surface area contributed by atoms with Crippen LogP contribution in [0.4, 0.5) is 5.69 Å². The van der Waals surface area contributed by atoms with Gasteiger partial charge in [0.25, 0.3) is 5.91 Å². The zero-order valence-electron chi connectivity index (χ0n) is 16.5. The molecule has 1 amide bonds. The Bertz CT molecular complexity index is 1160. The van der Waals surface area contributed by atoms with Crippen LogP contribution in [-0.4, -0.2) is 23.0 Å². The molecule has 0 aliphatic heterocycles. The summed E-state index contributed by atoms with van der Waals surface area (Å²) >= 11 is 0. The number of fused-ring (bicyclic) bond motifs is 1. The molecule has 2 aromatic heterocycles. The lowest BCUT2D eigenvalue weighted by Crippen LogP contribution is -2.15. The summed E-state index contributed by atoms with van der Waals surface area (Å²) in [7, 11) is 1.55. The highest BCUT2D eigenvalue weighted by atomic mass is 16.5. The van der Waals surface area contributed by atoms with Gasteiger partial charge in [0.05, 0.1) is 24.9 Å². The Labute approximate surface area is 173 Å². The molecule has 7 heteroatoms. The average molecular weight is 402 g/mol. The molecule has 4 aromatic rings. The van der Waals surface area contributed by atoms with Gasteiger partial charge in [0, 0.05) is 5.39 Å². The number of nitrogens with zero attached hydrogens (tertiary/aromatic N) is 2. The topological polar surface area (TPSA) is 103 Å². The summed E-state index contributed by atoms with van der Waals surface area (Å²) < 4.78 is 11.0. The fourth-order valence-corrected chi connectivity index (χ4v) is 3.26. The Balaban J connectivity index is 1.46. The van der Waals surface area contributed by atoms with E-state index in [1.807, 2.05) is 54.6 Å². The molecule has 0 radical (unpaired) electrons. The average Bonchev–Trinajstić information content (AvgIpc) is 3.29. The third kappa shape index (κ3) is 4.16. The van der Waals surface area contributed by atoms with E-state index in [-0.39, 0.29) is 5.69 Å². The molecule has 4 rings (SSSR count). The molecule has 2 aromatic carbocycles. The monoisotopic (exact) mass is 402 g/mol. The second-order valence-corrected chi connectivity index (χ2v) is 6.88. The number of para-hydroxylation sites is 1. The quantitative estimate of drug-likeness (QED) is 0.482. The molecule has 0 aliphatic carbocycles. The Morgan fingerprint density at radius 3 is 2.73 bits per heavy atom. The van der Waals surface area contributed by atoms with Crippen LogP contribution in [0.3, 0.4) is 0 Å². The minimum Gasteiger partial charge on any atom is -0.494 e. The molecule has 0 unspecified atom stereocenters. The van der Waals surface area contributed by atoms with Gasteiger partial charge in [-0.3, -0.25) is 9.78 Å². The number of ether oxygens (including phenoxy) is 1. The zero-order chi connectivity index (χ0) is 20.9. The Morgan fingerprint density at radius 2 is 1.93 bits per heavy atom. The van der Waals surface area contributed by atoms with Crippen LogP contribution in [0.15, 0.2) is 71.5 Å². The van der Waals surface area contributed by atoms with Crippen LogP contribution in [0.5, 0.6) is 5.75 Å². The Morgan fingerprint density at radius 1 is 1.17 bits per heavy atom. The SMILES string of the molecule is COc1c(NC(=O)c2coc([C@H](N)CCc3ccccc3)n2)cnc2ccccc12. The number of nitrogens with two attached hydrogens (primary N) is 1. The first-order valence-electron chi connectivity index (χ1n) is 9.63. The summed E-state index contributed by atoms with van der Waals surface area (Å²) in [6, 6.07) is 17.2. The number of oxazole rings is 1. The van der Waals surface area contributed by atoms with Crippen LogP contribution in [0.2, 0.25) is 0 Å². The highest BCUT2D eigenvalue weighted by Gasteiger charge is 2.19. The summed E-state index contributed by atoms with van der Waals surface area (Å²) in [4.78, 5) is 21.3. The first kappa shape index (κ1) is 19.6. The van der Waals surface area contributed by atoms with E-state index in [1.54, 1.807) is 13.3 Å². The van der Waals surface area contributed by atoms with E-state index in [0.29, 0.717) is 23.7 Å². The van der Waals surface area contributed by atoms with Crippen molar-refractivity contribution in [1.82, 2.24) is 9.97 Å². The molecule has 0 fully saturated rings. The molecule has 0 saturated heterocycles. The van der Waals surface area contributed by atoms with E-state index >= 15 is 0 Å². The van der Waals surface area contributed by atoms with Crippen molar-refractivity contribution in [2.75, 3.05) is 12.4 Å². The normalized spacial score (nSPS) is 11.9. The molecule has 0 saturated carbocycles. The number of aromatic nitrogens is 2. The van der Waals surface area contributed by atoms with Gasteiger partial charge in [-0.2, -0.15) is 0 Å². The smallest absolute Gasteiger partial charge is 0.277 e. The van der Waals surface area contributed by atoms with E-state index in [1.165, 1.54) is 11.8 Å². The number of carbonyl (C=O) groups excluding carboxylic acids is 1. The molecular formula is C23H22N4O3. The van der Waals surface area contributed by atoms with E-state index in [4.69, 9.17) is 14.9 Å². The minimum absolute atomic E-state index is 0.148. The second-order valence-electron chi connectivity index (χ2n) is 6.88. The number of aryl methyl sites for hydroxylation is 1. The molecule has 0 bridgehead atoms. The maximum Gasteiger partial charge on any atom is 0.277 e. The first-order chi connectivity index (χ1) is 14.7. The third-order valence-electron chi connectivity index (χ3n) is 4.84. The van der Waals surface area contributed by atoms with E-state index in [0.717, 1.165) is 17.3 Å². The van der Waals surface area contributed by atoms with Crippen molar-refractivity contribution in [2.45, 2.75) is 18.9 Å². The van der Waals surface area contributed by atoms with Crippen molar-refractivity contribution in [3.05, 3.63) is 84.2 Å². The van der Waals surface area contributed by atoms with Gasteiger partial charge in [0.15, 0.2) is 11.4 Å². The largest absolute Gasteiger partial charge is 0.494 e. The van der Waals surface area contributed by atoms with Crippen LogP contribution in [0, 0.1) is 0 Å². The number of rotatable bonds is 7. The van der Waals surface area contributed by atoms with Crippen molar-refractivity contribution in [2.24, 2.45) is 5.73 Å². The standard InChI is InChI=1S/C23H22N4O3/c1-29-21-16-9-5-6-10-18(16)25-13-19(21)26-22(28)20-14-30-23(27-20)17(24)12-11-15-7-3-2-4-8-15/h2-10,13-14,17H,11-12,24H2,1H3,(H,26,28)/t17-/m1/s1. The van der Waals surface area contributed by atoms with Crippen LogP contribution >= 0.6 is 0 Å². The summed E-state index contributed by atoms with van der Waals surface area (Å²) in [5.41, 5.74) is 8.77. The van der Waals surface area contributed by atoms with Crippen molar-refractivity contribution in [3.8, 4) is 5.75 Å². The van der Waals surface area contributed by atoms with Gasteiger partial charge < -0.3 is 20.2 Å². The van der Waals surface area contributed by atoms with Crippen LogP contribution in [-0.2, 0) is 6.42 Å². The lowest BCUT2D eigenvalue weighted by atomic mass is 10.1. The summed E-state index contributed by atoms with van der Waals surface area (Å²) in [6.45, 7) is 0. The predicted octanol–water partition coefficient (Wildman–Crippen LogP) is 4.12. The van der Waals surface area contributed by atoms with Gasteiger partial charge in [0.1, 0.15) is 12.0 Å². The number of benzene rings is 2. The predicted molar refractivity (Wildman–Crippen MR) is 114 cm³/mol. The molecule has 152 valence electrons. The molecule has 7 nitrogen and oxygen atoms in total. The second kappa shape index (κ2) is 8.75. The lowest BCUT2D eigenvalue weighted by molar-refractivity contribution is 0.102. The fraction of sp³-hybridized carbons (Fsp3) is 0.174. The highest BCUT2D eigenvalue weighted by molar-refractivity contribution is 6.05. The minimum atomic E-state index is -0.421. The number of nitrogens with one attached hydrogen (secondary N) is 1. The summed E-state index contributed by atoms with van der Waals surface area (Å²) in [5.74, 6) is 0.451. The van der Waals surface area contributed by atoms with Gasteiger partial charge in [-0.15, -0.1) is 0 Å². The molecule has 0 spiro atoms. The number of methoxy groups -OCH3 is 1. The highest BCUT2D eigenvalue weighted by Crippen LogP contribution is 2.32. The summed E-state index contributed by atoms with van der Waals surface area (Å²) in [5, 5.41) is 3.60. The van der Waals surface area contributed by atoms with Gasteiger partial charge in [-0.05, 0) is 30.5 Å². The van der Waals surface area contributed by atoms with Crippen LogP contribution < -0.4 is 15.8 Å². The van der Waals surface area contributed by atoms with E-state index in [9.17, 15) is 4.79 Å². The molecule has 1 atom stereocenters. The fourth-order valence-electron chi connectivity index (χ4n) is 3.26. The van der Waals surface area contributed by atoms with Crippen molar-refractivity contribution in [1.29, 1.82) is 0 Å². The summed E-state index contributed by atoms with van der Waals surface area (Å²) in [6.07, 6.45) is 4.33. The number of carbonyl (C=O) groups is 1. The van der Waals surface area contributed by atoms with Gasteiger partial charge in [-0.1, -0.05) is 42.5 Å². The number of anilines is 1. The number of pyridine rings is 1. The molecular weight excluding hydrogens is 380 g/mol. The Kier molecular flexibility index (Phi) is 5.72. The number of amides is 1. The number of hydrogen-bond acceptors (Lipinski definition) is 6. The van der Waals surface area contributed by atoms with Crippen molar-refractivity contribution < 1.29 is 13.9 Å². The van der Waals surface area contributed by atoms with E-state index < -0.39 is 11.9 Å². The van der Waals surface area contributed by atoms with E-state index in [2.05, 4.69) is 15.3 Å². The van der Waals surface area contributed by atoms with Crippen molar-refractivity contribution in [3.63, 3.8) is 0 Å². The molecule has 3 N–H and O–H groups in total. The maximum atomic E-state index is 12.7. The van der Waals surface area contributed by atoms with Gasteiger partial charge >= 0.3 is 0 Å². The van der Waals surface area contributed by atoms with Crippen LogP contribution in [0.25, 0.3) is 10.9 Å². The third-order valence-corrected chi connectivity index (χ3v) is 4.84. The lowest BCUT2D eigenvalue weighted by Gasteiger charge is -2.11. The maximum absolute atomic E-state index is 12.7. The molecule has 30 heavy (non-hydrogen) atoms. The molecule has 2 heterocycles. The Hall–Kier alpha value is -3.71. The van der Waals surface area contributed by atoms with Crippen LogP contribution in [0.1, 0.15) is 34.4 Å². The zero-order valence-corrected chi connectivity index (χ0v) is 16.5. The van der Waals surface area contributed by atoms with Crippen molar-refractivity contribution >= 4 is 22.5 Å². The van der Waals surface area contributed by atoms with Gasteiger partial charge in [-0.25, -0.2) is 4.98 Å². The molecule has 0 aliphatic rings. The first-order valence-corrected chi connectivity index (χ1v) is 9.63. The van der Waals surface area contributed by atoms with Gasteiger partial charge in [0.2, 0.25) is 5.89 Å². The number of hydrogen-bond donors (Lipinski definition) is 2.